The first-order valence-electron chi connectivity index (χ1n) is 5.96. The van der Waals surface area contributed by atoms with Crippen LogP contribution in [0.2, 0.25) is 0 Å². The van der Waals surface area contributed by atoms with Gasteiger partial charge in [0.2, 0.25) is 5.91 Å². The second kappa shape index (κ2) is 6.05. The van der Waals surface area contributed by atoms with Crippen molar-refractivity contribution in [1.29, 1.82) is 0 Å². The number of aliphatic carboxylic acids is 1. The van der Waals surface area contributed by atoms with Crippen molar-refractivity contribution in [3.05, 3.63) is 5.82 Å². The van der Waals surface area contributed by atoms with Crippen molar-refractivity contribution in [2.75, 3.05) is 5.75 Å². The minimum Gasteiger partial charge on any atom is -0.481 e. The van der Waals surface area contributed by atoms with E-state index in [4.69, 9.17) is 10.8 Å². The van der Waals surface area contributed by atoms with Crippen LogP contribution in [0.5, 0.6) is 0 Å². The van der Waals surface area contributed by atoms with Gasteiger partial charge in [-0.05, 0) is 13.3 Å². The van der Waals surface area contributed by atoms with Crippen molar-refractivity contribution in [2.24, 2.45) is 5.73 Å². The van der Waals surface area contributed by atoms with Gasteiger partial charge in [0, 0.05) is 6.42 Å². The van der Waals surface area contributed by atoms with Gasteiger partial charge in [-0.2, -0.15) is 0 Å². The van der Waals surface area contributed by atoms with Gasteiger partial charge in [-0.3, -0.25) is 14.2 Å². The summed E-state index contributed by atoms with van der Waals surface area (Å²) in [6.45, 7) is 5.45. The Hall–Kier alpha value is -1.57. The second-order valence-corrected chi connectivity index (χ2v) is 5.20. The molecule has 0 spiro atoms. The van der Waals surface area contributed by atoms with E-state index in [2.05, 4.69) is 10.2 Å². The summed E-state index contributed by atoms with van der Waals surface area (Å²) in [5.41, 5.74) is 4.53. The third-order valence-electron chi connectivity index (χ3n) is 3.05. The van der Waals surface area contributed by atoms with E-state index in [0.717, 1.165) is 11.8 Å². The number of rotatable bonds is 7. The van der Waals surface area contributed by atoms with E-state index in [1.165, 1.54) is 0 Å². The molecule has 0 radical (unpaired) electrons. The molecule has 0 aliphatic carbocycles. The van der Waals surface area contributed by atoms with Gasteiger partial charge >= 0.3 is 5.97 Å². The average Bonchev–Trinajstić information content (AvgIpc) is 2.78. The van der Waals surface area contributed by atoms with Crippen LogP contribution in [0, 0.1) is 0 Å². The molecule has 0 bridgehead atoms. The van der Waals surface area contributed by atoms with Crippen LogP contribution in [0.25, 0.3) is 0 Å². The standard InChI is InChI=1S/C11H18N4O3S/c1-4-7-13-14-10(19-6-8(16)17)15(7)11(3,5-2)9(12)18/h4-6H2,1-3H3,(H2,12,18)(H,16,17). The quantitative estimate of drug-likeness (QED) is 0.711. The lowest BCUT2D eigenvalue weighted by Crippen LogP contribution is -2.44. The zero-order valence-corrected chi connectivity index (χ0v) is 12.0. The van der Waals surface area contributed by atoms with Crippen molar-refractivity contribution in [3.63, 3.8) is 0 Å². The highest BCUT2D eigenvalue weighted by molar-refractivity contribution is 7.99. The molecule has 19 heavy (non-hydrogen) atoms. The number of carboxylic acid groups (broad SMARTS) is 1. The Morgan fingerprint density at radius 1 is 1.42 bits per heavy atom. The number of aryl methyl sites for hydroxylation is 1. The number of thioether (sulfide) groups is 1. The fraction of sp³-hybridized carbons (Fsp3) is 0.636. The monoisotopic (exact) mass is 286 g/mol. The molecule has 0 aromatic carbocycles. The molecular weight excluding hydrogens is 268 g/mol. The van der Waals surface area contributed by atoms with Crippen LogP contribution in [0.4, 0.5) is 0 Å². The maximum Gasteiger partial charge on any atom is 0.313 e. The molecule has 3 N–H and O–H groups in total. The highest BCUT2D eigenvalue weighted by Gasteiger charge is 2.35. The van der Waals surface area contributed by atoms with Gasteiger partial charge in [-0.15, -0.1) is 10.2 Å². The number of amides is 1. The lowest BCUT2D eigenvalue weighted by molar-refractivity contribution is -0.134. The van der Waals surface area contributed by atoms with E-state index >= 15 is 0 Å². The Morgan fingerprint density at radius 3 is 2.47 bits per heavy atom. The maximum atomic E-state index is 11.7. The Morgan fingerprint density at radius 2 is 2.05 bits per heavy atom. The number of aromatic nitrogens is 3. The van der Waals surface area contributed by atoms with Gasteiger partial charge in [-0.1, -0.05) is 25.6 Å². The molecule has 0 fully saturated rings. The van der Waals surface area contributed by atoms with Gasteiger partial charge in [0.25, 0.3) is 0 Å². The first-order chi connectivity index (χ1) is 8.86. The molecule has 0 aliphatic rings. The predicted octanol–water partition coefficient (Wildman–Crippen LogP) is 0.628. The van der Waals surface area contributed by atoms with E-state index < -0.39 is 17.4 Å². The molecule has 8 heteroatoms. The SMILES string of the molecule is CCc1nnc(SCC(=O)O)n1C(C)(CC)C(N)=O. The number of carboxylic acids is 1. The van der Waals surface area contributed by atoms with Gasteiger partial charge in [0.05, 0.1) is 5.75 Å². The summed E-state index contributed by atoms with van der Waals surface area (Å²) in [6.07, 6.45) is 1.07. The Labute approximate surface area is 115 Å². The lowest BCUT2D eigenvalue weighted by atomic mass is 9.97. The molecule has 7 nitrogen and oxygen atoms in total. The summed E-state index contributed by atoms with van der Waals surface area (Å²) >= 11 is 1.03. The van der Waals surface area contributed by atoms with Crippen molar-refractivity contribution in [3.8, 4) is 0 Å². The third-order valence-corrected chi connectivity index (χ3v) is 3.97. The lowest BCUT2D eigenvalue weighted by Gasteiger charge is -2.28. The molecule has 0 saturated heterocycles. The summed E-state index contributed by atoms with van der Waals surface area (Å²) in [7, 11) is 0. The summed E-state index contributed by atoms with van der Waals surface area (Å²) in [6, 6.07) is 0. The van der Waals surface area contributed by atoms with Gasteiger partial charge in [-0.25, -0.2) is 0 Å². The number of nitrogens with zero attached hydrogens (tertiary/aromatic N) is 3. The Kier molecular flexibility index (Phi) is 4.93. The number of nitrogens with two attached hydrogens (primary N) is 1. The van der Waals surface area contributed by atoms with Crippen LogP contribution in [0.1, 0.15) is 33.0 Å². The third kappa shape index (κ3) is 3.06. The minimum absolute atomic E-state index is 0.138. The first kappa shape index (κ1) is 15.5. The van der Waals surface area contributed by atoms with Crippen LogP contribution in [-0.4, -0.2) is 37.5 Å². The fourth-order valence-electron chi connectivity index (χ4n) is 1.69. The van der Waals surface area contributed by atoms with Gasteiger partial charge in [0.1, 0.15) is 11.4 Å². The summed E-state index contributed by atoms with van der Waals surface area (Å²) in [5, 5.41) is 17.1. The van der Waals surface area contributed by atoms with Crippen molar-refractivity contribution in [1.82, 2.24) is 14.8 Å². The normalized spacial score (nSPS) is 14.1. The minimum atomic E-state index is -0.949. The molecule has 106 valence electrons. The highest BCUT2D eigenvalue weighted by atomic mass is 32.2. The molecular formula is C11H18N4O3S. The smallest absolute Gasteiger partial charge is 0.313 e. The van der Waals surface area contributed by atoms with Gasteiger partial charge < -0.3 is 10.8 Å². The Balaban J connectivity index is 3.25. The van der Waals surface area contributed by atoms with Crippen LogP contribution < -0.4 is 5.73 Å². The highest BCUT2D eigenvalue weighted by Crippen LogP contribution is 2.28. The van der Waals surface area contributed by atoms with Gasteiger partial charge in [0.15, 0.2) is 5.16 Å². The number of primary amides is 1. The Bertz CT molecular complexity index is 488. The van der Waals surface area contributed by atoms with Crippen LogP contribution in [-0.2, 0) is 21.5 Å². The topological polar surface area (TPSA) is 111 Å². The van der Waals surface area contributed by atoms with Crippen molar-refractivity contribution >= 4 is 23.6 Å². The zero-order chi connectivity index (χ0) is 14.6. The second-order valence-electron chi connectivity index (χ2n) is 4.26. The molecule has 1 aromatic heterocycles. The van der Waals surface area contributed by atoms with Crippen LogP contribution in [0.15, 0.2) is 5.16 Å². The summed E-state index contributed by atoms with van der Waals surface area (Å²) < 4.78 is 1.66. The number of carbonyl (C=O) groups is 2. The van der Waals surface area contributed by atoms with E-state index in [0.29, 0.717) is 23.8 Å². The zero-order valence-electron chi connectivity index (χ0n) is 11.2. The van der Waals surface area contributed by atoms with Crippen molar-refractivity contribution in [2.45, 2.75) is 44.3 Å². The molecule has 1 rings (SSSR count). The van der Waals surface area contributed by atoms with E-state index in [1.54, 1.807) is 11.5 Å². The van der Waals surface area contributed by atoms with Crippen LogP contribution in [0.3, 0.4) is 0 Å². The first-order valence-corrected chi connectivity index (χ1v) is 6.94. The van der Waals surface area contributed by atoms with Crippen LogP contribution >= 0.6 is 11.8 Å². The van der Waals surface area contributed by atoms with E-state index in [1.807, 2.05) is 13.8 Å². The number of hydrogen-bond donors (Lipinski definition) is 2. The number of carbonyl (C=O) groups excluding carboxylic acids is 1. The van der Waals surface area contributed by atoms with E-state index in [-0.39, 0.29) is 5.75 Å². The number of hydrogen-bond acceptors (Lipinski definition) is 5. The molecule has 0 aliphatic heterocycles. The summed E-state index contributed by atoms with van der Waals surface area (Å²) in [4.78, 5) is 22.4. The molecule has 1 heterocycles. The average molecular weight is 286 g/mol. The molecule has 1 atom stereocenters. The molecule has 0 saturated carbocycles. The predicted molar refractivity (Wildman–Crippen MR) is 70.9 cm³/mol. The molecule has 1 unspecified atom stereocenters. The fourth-order valence-corrected chi connectivity index (χ4v) is 2.47. The van der Waals surface area contributed by atoms with Crippen molar-refractivity contribution < 1.29 is 14.7 Å². The maximum absolute atomic E-state index is 11.7. The molecule has 1 amide bonds. The summed E-state index contributed by atoms with van der Waals surface area (Å²) in [5.74, 6) is -0.951. The van der Waals surface area contributed by atoms with E-state index in [9.17, 15) is 9.59 Å². The molecule has 1 aromatic rings. The largest absolute Gasteiger partial charge is 0.481 e.